The Hall–Kier alpha value is -0.630. The van der Waals surface area contributed by atoms with E-state index in [1.165, 1.54) is 0 Å². The first-order chi connectivity index (χ1) is 5.97. The molecule has 0 radical (unpaired) electrons. The Bertz CT molecular complexity index is 225. The molecule has 1 heterocycles. The highest BCUT2D eigenvalue weighted by Crippen LogP contribution is 2.31. The van der Waals surface area contributed by atoms with Gasteiger partial charge in [-0.15, -0.1) is 6.58 Å². The van der Waals surface area contributed by atoms with Gasteiger partial charge in [-0.05, 0) is 27.3 Å². The van der Waals surface area contributed by atoms with Crippen LogP contribution in [0.3, 0.4) is 0 Å². The maximum absolute atomic E-state index is 11.6. The molecule has 0 aromatic heterocycles. The minimum Gasteiger partial charge on any atom is -0.301 e. The molecule has 2 nitrogen and oxygen atoms in total. The molecule has 0 N–H and O–H groups in total. The van der Waals surface area contributed by atoms with E-state index in [9.17, 15) is 4.79 Å². The predicted molar refractivity (Wildman–Crippen MR) is 56.8 cm³/mol. The molecule has 0 aromatic carbocycles. The van der Waals surface area contributed by atoms with Crippen molar-refractivity contribution in [2.45, 2.75) is 32.2 Å². The molecular formula is C11H21NO. The van der Waals surface area contributed by atoms with Gasteiger partial charge in [0.05, 0.1) is 0 Å². The molecule has 1 atom stereocenters. The summed E-state index contributed by atoms with van der Waals surface area (Å²) in [7, 11) is 2.08. The zero-order valence-corrected chi connectivity index (χ0v) is 8.84. The molecule has 0 bridgehead atoms. The van der Waals surface area contributed by atoms with Crippen LogP contribution in [0.5, 0.6) is 0 Å². The summed E-state index contributed by atoms with van der Waals surface area (Å²) in [5.74, 6) is 0.561. The van der Waals surface area contributed by atoms with Crippen LogP contribution in [0.4, 0.5) is 0 Å². The van der Waals surface area contributed by atoms with Crippen molar-refractivity contribution >= 4 is 5.78 Å². The van der Waals surface area contributed by atoms with Gasteiger partial charge in [-0.2, -0.15) is 0 Å². The summed E-state index contributed by atoms with van der Waals surface area (Å²) in [5.41, 5.74) is 0.182. The zero-order valence-electron chi connectivity index (χ0n) is 8.84. The molecular weight excluding hydrogens is 162 g/mol. The number of ketones is 1. The SMILES string of the molecule is C=CCC(=O)[C@@H]1CN(C)C(C)(C)C1.[HH]. The molecule has 1 rings (SSSR count). The molecule has 1 fully saturated rings. The average molecular weight is 183 g/mol. The van der Waals surface area contributed by atoms with Crippen LogP contribution in [0, 0.1) is 5.92 Å². The van der Waals surface area contributed by atoms with Gasteiger partial charge in [-0.25, -0.2) is 0 Å². The Morgan fingerprint density at radius 1 is 1.77 bits per heavy atom. The second-order valence-electron chi connectivity index (χ2n) is 4.55. The number of allylic oxidation sites excluding steroid dienone is 1. The standard InChI is InChI=1S/C11H19NO.H2/c1-5-6-10(13)9-7-11(2,3)12(4)8-9;/h5,9H,1,6-8H2,2-4H3;1H/t9-;/m0./s1. The van der Waals surface area contributed by atoms with E-state index < -0.39 is 0 Å². The summed E-state index contributed by atoms with van der Waals surface area (Å²) in [6.07, 6.45) is 3.21. The van der Waals surface area contributed by atoms with E-state index in [1.54, 1.807) is 6.08 Å². The van der Waals surface area contributed by atoms with Gasteiger partial charge in [0, 0.05) is 25.8 Å². The molecule has 0 aliphatic carbocycles. The van der Waals surface area contributed by atoms with E-state index in [2.05, 4.69) is 32.4 Å². The fourth-order valence-electron chi connectivity index (χ4n) is 1.93. The number of Topliss-reactive ketones (excluding diaryl/α,β-unsaturated/α-hetero) is 1. The van der Waals surface area contributed by atoms with Crippen molar-refractivity contribution in [1.82, 2.24) is 4.90 Å². The van der Waals surface area contributed by atoms with Crippen LogP contribution in [-0.2, 0) is 4.79 Å². The second kappa shape index (κ2) is 3.62. The Balaban J connectivity index is 0.00000169. The van der Waals surface area contributed by atoms with Crippen LogP contribution >= 0.6 is 0 Å². The third kappa shape index (κ3) is 2.19. The number of likely N-dealkylation sites (tertiary alicyclic amines) is 1. The highest BCUT2D eigenvalue weighted by atomic mass is 16.1. The van der Waals surface area contributed by atoms with E-state index in [4.69, 9.17) is 0 Å². The minimum atomic E-state index is 0. The Morgan fingerprint density at radius 2 is 2.38 bits per heavy atom. The first-order valence-electron chi connectivity index (χ1n) is 4.82. The van der Waals surface area contributed by atoms with Gasteiger partial charge >= 0.3 is 0 Å². The molecule has 2 heteroatoms. The van der Waals surface area contributed by atoms with Crippen LogP contribution in [0.1, 0.15) is 28.1 Å². The highest BCUT2D eigenvalue weighted by molar-refractivity contribution is 5.82. The Morgan fingerprint density at radius 3 is 2.77 bits per heavy atom. The summed E-state index contributed by atoms with van der Waals surface area (Å²) in [6.45, 7) is 8.87. The lowest BCUT2D eigenvalue weighted by molar-refractivity contribution is -0.121. The molecule has 0 aromatic rings. The summed E-state index contributed by atoms with van der Waals surface area (Å²) < 4.78 is 0. The van der Waals surface area contributed by atoms with Crippen LogP contribution < -0.4 is 0 Å². The molecule has 1 aliphatic rings. The van der Waals surface area contributed by atoms with Crippen molar-refractivity contribution in [2.75, 3.05) is 13.6 Å². The summed E-state index contributed by atoms with van der Waals surface area (Å²) >= 11 is 0. The minimum absolute atomic E-state index is 0. The fraction of sp³-hybridized carbons (Fsp3) is 0.727. The van der Waals surface area contributed by atoms with E-state index in [1.807, 2.05) is 0 Å². The fourth-order valence-corrected chi connectivity index (χ4v) is 1.93. The lowest BCUT2D eigenvalue weighted by atomic mass is 9.92. The summed E-state index contributed by atoms with van der Waals surface area (Å²) in [5, 5.41) is 0. The number of carbonyl (C=O) groups excluding carboxylic acids is 1. The van der Waals surface area contributed by atoms with Crippen molar-refractivity contribution in [3.05, 3.63) is 12.7 Å². The first kappa shape index (κ1) is 10.5. The van der Waals surface area contributed by atoms with E-state index in [-0.39, 0.29) is 12.9 Å². The van der Waals surface area contributed by atoms with Crippen molar-refractivity contribution in [2.24, 2.45) is 5.92 Å². The van der Waals surface area contributed by atoms with Crippen LogP contribution in [0.25, 0.3) is 0 Å². The molecule has 1 aliphatic heterocycles. The van der Waals surface area contributed by atoms with Gasteiger partial charge in [0.1, 0.15) is 5.78 Å². The van der Waals surface area contributed by atoms with Gasteiger partial charge in [0.15, 0.2) is 0 Å². The quantitative estimate of drug-likeness (QED) is 0.625. The first-order valence-corrected chi connectivity index (χ1v) is 4.82. The van der Waals surface area contributed by atoms with Gasteiger partial charge in [-0.3, -0.25) is 4.79 Å². The van der Waals surface area contributed by atoms with Gasteiger partial charge < -0.3 is 4.90 Å². The van der Waals surface area contributed by atoms with E-state index in [0.717, 1.165) is 13.0 Å². The largest absolute Gasteiger partial charge is 0.301 e. The molecule has 0 amide bonds. The third-order valence-corrected chi connectivity index (χ3v) is 3.07. The number of hydrogen-bond acceptors (Lipinski definition) is 2. The van der Waals surface area contributed by atoms with Crippen molar-refractivity contribution in [3.8, 4) is 0 Å². The average Bonchev–Trinajstić information content (AvgIpc) is 2.27. The number of carbonyl (C=O) groups is 1. The lowest BCUT2D eigenvalue weighted by Gasteiger charge is -2.26. The van der Waals surface area contributed by atoms with Crippen molar-refractivity contribution < 1.29 is 6.22 Å². The molecule has 0 unspecified atom stereocenters. The van der Waals surface area contributed by atoms with Gasteiger partial charge in [0.2, 0.25) is 0 Å². The molecule has 1 saturated heterocycles. The van der Waals surface area contributed by atoms with Crippen molar-refractivity contribution in [1.29, 1.82) is 0 Å². The Kier molecular flexibility index (Phi) is 2.91. The molecule has 0 saturated carbocycles. The van der Waals surface area contributed by atoms with E-state index in [0.29, 0.717) is 12.2 Å². The number of nitrogens with zero attached hydrogens (tertiary/aromatic N) is 1. The van der Waals surface area contributed by atoms with E-state index >= 15 is 0 Å². The van der Waals surface area contributed by atoms with Crippen molar-refractivity contribution in [3.63, 3.8) is 0 Å². The number of hydrogen-bond donors (Lipinski definition) is 0. The molecule has 13 heavy (non-hydrogen) atoms. The molecule has 0 spiro atoms. The predicted octanol–water partition coefficient (Wildman–Crippen LogP) is 2.11. The zero-order chi connectivity index (χ0) is 10.1. The Labute approximate surface area is 82.1 Å². The lowest BCUT2D eigenvalue weighted by Crippen LogP contribution is -2.34. The van der Waals surface area contributed by atoms with Crippen LogP contribution in [0.2, 0.25) is 0 Å². The molecule has 76 valence electrons. The maximum Gasteiger partial charge on any atom is 0.141 e. The van der Waals surface area contributed by atoms with Gasteiger partial charge in [-0.1, -0.05) is 6.08 Å². The third-order valence-electron chi connectivity index (χ3n) is 3.07. The number of rotatable bonds is 3. The van der Waals surface area contributed by atoms with Crippen LogP contribution in [-0.4, -0.2) is 29.8 Å². The summed E-state index contributed by atoms with van der Waals surface area (Å²) in [6, 6.07) is 0. The normalized spacial score (nSPS) is 27.5. The maximum atomic E-state index is 11.6. The highest BCUT2D eigenvalue weighted by Gasteiger charge is 2.38. The van der Waals surface area contributed by atoms with Crippen LogP contribution in [0.15, 0.2) is 12.7 Å². The summed E-state index contributed by atoms with van der Waals surface area (Å²) in [4.78, 5) is 13.8. The monoisotopic (exact) mass is 183 g/mol. The van der Waals surface area contributed by atoms with Gasteiger partial charge in [0.25, 0.3) is 0 Å². The topological polar surface area (TPSA) is 20.3 Å². The second-order valence-corrected chi connectivity index (χ2v) is 4.55. The smallest absolute Gasteiger partial charge is 0.141 e.